The fraction of sp³-hybridized carbons (Fsp3) is 0.125. The highest BCUT2D eigenvalue weighted by atomic mass is 15.1. The molecule has 0 fully saturated rings. The Morgan fingerprint density at radius 1 is 0.367 bits per heavy atom. The number of fused-ring (bicyclic) bond motifs is 11. The highest BCUT2D eigenvalue weighted by Crippen LogP contribution is 2.55. The minimum atomic E-state index is -0.0838. The predicted molar refractivity (Wildman–Crippen MR) is 209 cm³/mol. The molecule has 2 aliphatic carbocycles. The van der Waals surface area contributed by atoms with Crippen LogP contribution < -0.4 is 4.90 Å². The lowest BCUT2D eigenvalue weighted by molar-refractivity contribution is 0.660. The predicted octanol–water partition coefficient (Wildman–Crippen LogP) is 13.2. The van der Waals surface area contributed by atoms with Crippen molar-refractivity contribution in [3.05, 3.63) is 174 Å². The lowest BCUT2D eigenvalue weighted by Crippen LogP contribution is -2.16. The summed E-state index contributed by atoms with van der Waals surface area (Å²) in [5.74, 6) is 0. The van der Waals surface area contributed by atoms with Gasteiger partial charge in [-0.05, 0) is 102 Å². The highest BCUT2D eigenvalue weighted by Gasteiger charge is 2.39. The molecule has 0 unspecified atom stereocenters. The van der Waals surface area contributed by atoms with Crippen LogP contribution in [0.25, 0.3) is 54.6 Å². The first-order valence-electron chi connectivity index (χ1n) is 17.4. The topological polar surface area (TPSA) is 3.24 Å². The summed E-state index contributed by atoms with van der Waals surface area (Å²) < 4.78 is 0. The Morgan fingerprint density at radius 2 is 0.918 bits per heavy atom. The summed E-state index contributed by atoms with van der Waals surface area (Å²) in [7, 11) is 0. The van der Waals surface area contributed by atoms with Gasteiger partial charge in [0.25, 0.3) is 0 Å². The summed E-state index contributed by atoms with van der Waals surface area (Å²) in [6.07, 6.45) is 0. The maximum atomic E-state index is 2.51. The molecule has 0 aromatic heterocycles. The van der Waals surface area contributed by atoms with Crippen LogP contribution in [0.5, 0.6) is 0 Å². The van der Waals surface area contributed by atoms with Crippen molar-refractivity contribution in [2.45, 2.75) is 38.5 Å². The molecule has 49 heavy (non-hydrogen) atoms. The van der Waals surface area contributed by atoms with Crippen molar-refractivity contribution in [2.24, 2.45) is 0 Å². The normalized spacial score (nSPS) is 14.9. The summed E-state index contributed by atoms with van der Waals surface area (Å²) in [4.78, 5) is 2.51. The maximum absolute atomic E-state index is 2.51. The molecule has 0 heterocycles. The van der Waals surface area contributed by atoms with E-state index in [9.17, 15) is 0 Å². The Hall–Kier alpha value is -5.66. The van der Waals surface area contributed by atoms with Crippen LogP contribution in [0.3, 0.4) is 0 Å². The summed E-state index contributed by atoms with van der Waals surface area (Å²) in [6, 6.07) is 56.9. The molecule has 2 aliphatic rings. The van der Waals surface area contributed by atoms with Crippen LogP contribution in [0.15, 0.2) is 152 Å². The smallest absolute Gasteiger partial charge is 0.0543 e. The van der Waals surface area contributed by atoms with Gasteiger partial charge >= 0.3 is 0 Å². The molecule has 0 bridgehead atoms. The van der Waals surface area contributed by atoms with Gasteiger partial charge in [-0.3, -0.25) is 0 Å². The minimum Gasteiger partial charge on any atom is -0.310 e. The van der Waals surface area contributed by atoms with Gasteiger partial charge in [0.05, 0.1) is 5.69 Å². The fourth-order valence-electron chi connectivity index (χ4n) is 9.15. The van der Waals surface area contributed by atoms with Crippen LogP contribution in [-0.2, 0) is 10.8 Å². The Labute approximate surface area is 288 Å². The number of rotatable bonds is 3. The third kappa shape index (κ3) is 3.88. The molecule has 1 heteroatoms. The van der Waals surface area contributed by atoms with E-state index in [4.69, 9.17) is 0 Å². The average Bonchev–Trinajstić information content (AvgIpc) is 3.51. The van der Waals surface area contributed by atoms with Crippen molar-refractivity contribution in [1.82, 2.24) is 0 Å². The van der Waals surface area contributed by atoms with Gasteiger partial charge in [-0.2, -0.15) is 0 Å². The second-order valence-corrected chi connectivity index (χ2v) is 15.0. The third-order valence-electron chi connectivity index (χ3n) is 11.6. The lowest BCUT2D eigenvalue weighted by Gasteiger charge is -2.30. The Kier molecular flexibility index (Phi) is 5.75. The third-order valence-corrected chi connectivity index (χ3v) is 11.6. The molecule has 0 saturated heterocycles. The standard InChI is InChI=1S/C48H37N/c1-47(2)41-16-9-7-14-38(41)40-29-33(23-27-43(40)47)49(45-19-11-18-44-46(45)39-15-8-10-17-42(39)48(44,3)4)32-22-26-35-31(28-32)21-25-36-34-13-6-5-12-30(34)20-24-37(35)36/h5-29H,1-4H3. The van der Waals surface area contributed by atoms with Gasteiger partial charge in [0.1, 0.15) is 0 Å². The Bertz CT molecular complexity index is 2670. The molecule has 8 aromatic carbocycles. The molecule has 0 amide bonds. The van der Waals surface area contributed by atoms with Crippen LogP contribution in [0.4, 0.5) is 17.1 Å². The van der Waals surface area contributed by atoms with Crippen molar-refractivity contribution < 1.29 is 0 Å². The van der Waals surface area contributed by atoms with Crippen molar-refractivity contribution in [1.29, 1.82) is 0 Å². The fourth-order valence-corrected chi connectivity index (χ4v) is 9.15. The summed E-state index contributed by atoms with van der Waals surface area (Å²) in [6.45, 7) is 9.44. The maximum Gasteiger partial charge on any atom is 0.0543 e. The molecular weight excluding hydrogens is 591 g/mol. The minimum absolute atomic E-state index is 0.0412. The first-order valence-corrected chi connectivity index (χ1v) is 17.4. The molecule has 10 rings (SSSR count). The zero-order valence-corrected chi connectivity index (χ0v) is 28.4. The zero-order chi connectivity index (χ0) is 33.1. The SMILES string of the molecule is CC1(C)c2ccccc2-c2cc(N(c3ccc4c(ccc5c6ccccc6ccc45)c3)c3cccc4c3-c3ccccc3C4(C)C)ccc21. The van der Waals surface area contributed by atoms with E-state index in [0.717, 1.165) is 5.69 Å². The second-order valence-electron chi connectivity index (χ2n) is 15.0. The molecule has 0 spiro atoms. The number of hydrogen-bond acceptors (Lipinski definition) is 1. The van der Waals surface area contributed by atoms with Crippen molar-refractivity contribution >= 4 is 49.4 Å². The molecule has 1 nitrogen and oxygen atoms in total. The van der Waals surface area contributed by atoms with E-state index < -0.39 is 0 Å². The van der Waals surface area contributed by atoms with E-state index in [1.165, 1.54) is 88.2 Å². The molecule has 0 atom stereocenters. The van der Waals surface area contributed by atoms with Crippen LogP contribution in [0, 0.1) is 0 Å². The Balaban J connectivity index is 1.24. The van der Waals surface area contributed by atoms with E-state index in [-0.39, 0.29) is 10.8 Å². The van der Waals surface area contributed by atoms with Gasteiger partial charge in [-0.25, -0.2) is 0 Å². The molecule has 0 N–H and O–H groups in total. The average molecular weight is 628 g/mol. The van der Waals surface area contributed by atoms with Gasteiger partial charge in [-0.1, -0.05) is 149 Å². The lowest BCUT2D eigenvalue weighted by atomic mass is 9.82. The van der Waals surface area contributed by atoms with E-state index in [0.29, 0.717) is 0 Å². The zero-order valence-electron chi connectivity index (χ0n) is 28.4. The van der Waals surface area contributed by atoms with Gasteiger partial charge in [0.15, 0.2) is 0 Å². The van der Waals surface area contributed by atoms with Crippen LogP contribution in [-0.4, -0.2) is 0 Å². The molecule has 0 saturated carbocycles. The number of anilines is 3. The van der Waals surface area contributed by atoms with Gasteiger partial charge in [0.2, 0.25) is 0 Å². The number of benzene rings is 8. The van der Waals surface area contributed by atoms with E-state index in [1.807, 2.05) is 0 Å². The van der Waals surface area contributed by atoms with E-state index in [2.05, 4.69) is 184 Å². The van der Waals surface area contributed by atoms with E-state index in [1.54, 1.807) is 0 Å². The molecule has 234 valence electrons. The van der Waals surface area contributed by atoms with Gasteiger partial charge in [-0.15, -0.1) is 0 Å². The molecule has 0 radical (unpaired) electrons. The largest absolute Gasteiger partial charge is 0.310 e. The molecular formula is C48H37N. The van der Waals surface area contributed by atoms with E-state index >= 15 is 0 Å². The van der Waals surface area contributed by atoms with Gasteiger partial charge in [0, 0.05) is 27.8 Å². The summed E-state index contributed by atoms with van der Waals surface area (Å²) in [5.41, 5.74) is 14.3. The molecule has 8 aromatic rings. The second kappa shape index (κ2) is 9.94. The van der Waals surface area contributed by atoms with Crippen LogP contribution in [0.1, 0.15) is 49.9 Å². The highest BCUT2D eigenvalue weighted by molar-refractivity contribution is 6.17. The first kappa shape index (κ1) is 28.4. The summed E-state index contributed by atoms with van der Waals surface area (Å²) in [5, 5.41) is 7.69. The van der Waals surface area contributed by atoms with Crippen molar-refractivity contribution in [3.63, 3.8) is 0 Å². The summed E-state index contributed by atoms with van der Waals surface area (Å²) >= 11 is 0. The van der Waals surface area contributed by atoms with Crippen molar-refractivity contribution in [3.8, 4) is 22.3 Å². The monoisotopic (exact) mass is 627 g/mol. The van der Waals surface area contributed by atoms with Crippen molar-refractivity contribution in [2.75, 3.05) is 4.90 Å². The van der Waals surface area contributed by atoms with Gasteiger partial charge < -0.3 is 4.90 Å². The first-order chi connectivity index (χ1) is 23.8. The number of hydrogen-bond donors (Lipinski definition) is 0. The molecule has 0 aliphatic heterocycles. The quantitative estimate of drug-likeness (QED) is 0.176. The van der Waals surface area contributed by atoms with Crippen LogP contribution in [0.2, 0.25) is 0 Å². The number of nitrogens with zero attached hydrogens (tertiary/aromatic N) is 1. The van der Waals surface area contributed by atoms with Crippen LogP contribution >= 0.6 is 0 Å². The Morgan fingerprint density at radius 3 is 1.73 bits per heavy atom.